The molecule has 0 aliphatic rings. The van der Waals surface area contributed by atoms with E-state index in [0.717, 1.165) is 0 Å². The zero-order valence-electron chi connectivity index (χ0n) is 11.3. The van der Waals surface area contributed by atoms with E-state index in [2.05, 4.69) is 0 Å². The number of rotatable bonds is 5. The van der Waals surface area contributed by atoms with Crippen LogP contribution in [0.25, 0.3) is 0 Å². The molecule has 104 valence electrons. The molecule has 1 rings (SSSR count). The Kier molecular flexibility index (Phi) is 4.92. The number of ether oxygens (including phenoxy) is 2. The first-order chi connectivity index (χ1) is 8.76. The largest absolute Gasteiger partial charge is 0.482 e. The second-order valence-corrected chi connectivity index (χ2v) is 5.09. The molecule has 0 aliphatic heterocycles. The van der Waals surface area contributed by atoms with Crippen molar-refractivity contribution in [2.24, 2.45) is 0 Å². The van der Waals surface area contributed by atoms with Crippen molar-refractivity contribution >= 4 is 11.9 Å². The number of hydrogen-bond donors (Lipinski definition) is 1. The van der Waals surface area contributed by atoms with E-state index in [4.69, 9.17) is 14.6 Å². The Bertz CT molecular complexity index is 442. The number of hydrogen-bond acceptors (Lipinski definition) is 4. The fraction of sp³-hybridized carbons (Fsp3) is 0.429. The highest BCUT2D eigenvalue weighted by Crippen LogP contribution is 2.13. The maximum Gasteiger partial charge on any atom is 0.344 e. The van der Waals surface area contributed by atoms with E-state index in [1.807, 2.05) is 0 Å². The molecular weight excluding hydrogens is 248 g/mol. The predicted molar refractivity (Wildman–Crippen MR) is 69.1 cm³/mol. The average Bonchev–Trinajstić information content (AvgIpc) is 2.25. The summed E-state index contributed by atoms with van der Waals surface area (Å²) in [4.78, 5) is 21.9. The number of aliphatic carboxylic acids is 1. The van der Waals surface area contributed by atoms with Crippen LogP contribution in [0.2, 0.25) is 0 Å². The monoisotopic (exact) mass is 266 g/mol. The van der Waals surface area contributed by atoms with Crippen LogP contribution in [-0.2, 0) is 20.7 Å². The van der Waals surface area contributed by atoms with Crippen molar-refractivity contribution in [2.45, 2.75) is 32.8 Å². The van der Waals surface area contributed by atoms with Crippen molar-refractivity contribution in [3.05, 3.63) is 29.8 Å². The van der Waals surface area contributed by atoms with Crippen LogP contribution in [0.3, 0.4) is 0 Å². The molecule has 0 heterocycles. The van der Waals surface area contributed by atoms with Crippen molar-refractivity contribution in [3.63, 3.8) is 0 Å². The number of carbonyl (C=O) groups is 2. The number of carboxylic acid groups (broad SMARTS) is 1. The highest BCUT2D eigenvalue weighted by molar-refractivity contribution is 5.71. The zero-order valence-corrected chi connectivity index (χ0v) is 11.3. The van der Waals surface area contributed by atoms with Crippen LogP contribution in [0.4, 0.5) is 0 Å². The van der Waals surface area contributed by atoms with Crippen LogP contribution < -0.4 is 4.74 Å². The van der Waals surface area contributed by atoms with Crippen LogP contribution >= 0.6 is 0 Å². The van der Waals surface area contributed by atoms with Crippen molar-refractivity contribution in [2.75, 3.05) is 6.61 Å². The first kappa shape index (κ1) is 15.0. The predicted octanol–water partition coefficient (Wildman–Crippen LogP) is 2.03. The Balaban J connectivity index is 2.46. The number of carboxylic acids is 1. The molecule has 0 unspecified atom stereocenters. The average molecular weight is 266 g/mol. The van der Waals surface area contributed by atoms with Crippen molar-refractivity contribution < 1.29 is 24.2 Å². The summed E-state index contributed by atoms with van der Waals surface area (Å²) in [6.07, 6.45) is -0.0354. The van der Waals surface area contributed by atoms with E-state index >= 15 is 0 Å². The minimum Gasteiger partial charge on any atom is -0.482 e. The van der Waals surface area contributed by atoms with Crippen molar-refractivity contribution in [3.8, 4) is 5.75 Å². The van der Waals surface area contributed by atoms with E-state index in [-0.39, 0.29) is 13.0 Å². The number of benzene rings is 1. The zero-order chi connectivity index (χ0) is 14.5. The van der Waals surface area contributed by atoms with Crippen molar-refractivity contribution in [1.29, 1.82) is 0 Å². The minimum absolute atomic E-state index is 0.0354. The molecule has 1 aromatic carbocycles. The molecule has 19 heavy (non-hydrogen) atoms. The topological polar surface area (TPSA) is 72.8 Å². The molecule has 0 bridgehead atoms. The van der Waals surface area contributed by atoms with E-state index in [9.17, 15) is 9.59 Å². The second-order valence-electron chi connectivity index (χ2n) is 5.09. The van der Waals surface area contributed by atoms with Gasteiger partial charge >= 0.3 is 11.9 Å². The Morgan fingerprint density at radius 2 is 1.74 bits per heavy atom. The standard InChI is InChI=1S/C14H18O5/c1-14(2,3)19-13(17)9-18-11-6-4-10(5-7-11)8-12(15)16/h4-7H,8-9H2,1-3H3,(H,15,16). The summed E-state index contributed by atoms with van der Waals surface area (Å²) in [5.74, 6) is -0.829. The summed E-state index contributed by atoms with van der Waals surface area (Å²) < 4.78 is 10.3. The first-order valence-electron chi connectivity index (χ1n) is 5.91. The minimum atomic E-state index is -0.887. The van der Waals surface area contributed by atoms with Gasteiger partial charge in [-0.3, -0.25) is 4.79 Å². The van der Waals surface area contributed by atoms with Crippen LogP contribution in [0.15, 0.2) is 24.3 Å². The molecule has 1 aromatic rings. The highest BCUT2D eigenvalue weighted by atomic mass is 16.6. The van der Waals surface area contributed by atoms with E-state index < -0.39 is 17.5 Å². The summed E-state index contributed by atoms with van der Waals surface area (Å²) in [7, 11) is 0. The van der Waals surface area contributed by atoms with Gasteiger partial charge in [0, 0.05) is 0 Å². The van der Waals surface area contributed by atoms with E-state index in [0.29, 0.717) is 11.3 Å². The van der Waals surface area contributed by atoms with Crippen LogP contribution in [0.5, 0.6) is 5.75 Å². The molecule has 0 atom stereocenters. The Hall–Kier alpha value is -2.04. The van der Waals surface area contributed by atoms with Gasteiger partial charge in [0.15, 0.2) is 6.61 Å². The summed E-state index contributed by atoms with van der Waals surface area (Å²) in [6.45, 7) is 5.18. The molecule has 5 nitrogen and oxygen atoms in total. The molecule has 0 aromatic heterocycles. The fourth-order valence-electron chi connectivity index (χ4n) is 1.39. The van der Waals surface area contributed by atoms with Gasteiger partial charge in [-0.1, -0.05) is 12.1 Å². The molecule has 0 amide bonds. The lowest BCUT2D eigenvalue weighted by Crippen LogP contribution is -2.27. The summed E-state index contributed by atoms with van der Waals surface area (Å²) in [5.41, 5.74) is 0.142. The van der Waals surface area contributed by atoms with Gasteiger partial charge in [0.25, 0.3) is 0 Å². The molecule has 5 heteroatoms. The normalized spacial score (nSPS) is 10.9. The number of esters is 1. The SMILES string of the molecule is CC(C)(C)OC(=O)COc1ccc(CC(=O)O)cc1. The molecule has 0 spiro atoms. The van der Waals surface area contributed by atoms with Gasteiger partial charge in [-0.2, -0.15) is 0 Å². The van der Waals surface area contributed by atoms with Crippen LogP contribution in [0.1, 0.15) is 26.3 Å². The fourth-order valence-corrected chi connectivity index (χ4v) is 1.39. The van der Waals surface area contributed by atoms with Gasteiger partial charge in [-0.15, -0.1) is 0 Å². The summed E-state index contributed by atoms with van der Waals surface area (Å²) in [5, 5.41) is 8.63. The smallest absolute Gasteiger partial charge is 0.344 e. The Morgan fingerprint density at radius 3 is 2.21 bits per heavy atom. The highest BCUT2D eigenvalue weighted by Gasteiger charge is 2.16. The lowest BCUT2D eigenvalue weighted by Gasteiger charge is -2.19. The maximum atomic E-state index is 11.4. The van der Waals surface area contributed by atoms with Gasteiger partial charge in [0.05, 0.1) is 6.42 Å². The summed E-state index contributed by atoms with van der Waals surface area (Å²) >= 11 is 0. The maximum absolute atomic E-state index is 11.4. The molecule has 0 aliphatic carbocycles. The van der Waals surface area contributed by atoms with E-state index in [1.165, 1.54) is 0 Å². The molecule has 0 saturated heterocycles. The Labute approximate surface area is 112 Å². The van der Waals surface area contributed by atoms with Gasteiger partial charge in [0.2, 0.25) is 0 Å². The van der Waals surface area contributed by atoms with Gasteiger partial charge in [-0.05, 0) is 38.5 Å². The van der Waals surface area contributed by atoms with E-state index in [1.54, 1.807) is 45.0 Å². The molecule has 0 radical (unpaired) electrons. The third-order valence-corrected chi connectivity index (χ3v) is 2.06. The van der Waals surface area contributed by atoms with Crippen LogP contribution in [-0.4, -0.2) is 29.3 Å². The molecule has 0 saturated carbocycles. The van der Waals surface area contributed by atoms with Crippen LogP contribution in [0, 0.1) is 0 Å². The first-order valence-corrected chi connectivity index (χ1v) is 5.91. The van der Waals surface area contributed by atoms with Gasteiger partial charge < -0.3 is 14.6 Å². The lowest BCUT2D eigenvalue weighted by atomic mass is 10.1. The second kappa shape index (κ2) is 6.22. The lowest BCUT2D eigenvalue weighted by molar-refractivity contribution is -0.157. The Morgan fingerprint density at radius 1 is 1.16 bits per heavy atom. The quantitative estimate of drug-likeness (QED) is 0.825. The third kappa shape index (κ3) is 6.45. The molecular formula is C14H18O5. The van der Waals surface area contributed by atoms with Gasteiger partial charge in [-0.25, -0.2) is 4.79 Å². The molecule has 1 N–H and O–H groups in total. The number of carbonyl (C=O) groups excluding carboxylic acids is 1. The molecule has 0 fully saturated rings. The van der Waals surface area contributed by atoms with Gasteiger partial charge in [0.1, 0.15) is 11.4 Å². The third-order valence-electron chi connectivity index (χ3n) is 2.06. The summed E-state index contributed by atoms with van der Waals surface area (Å²) in [6, 6.07) is 6.56. The van der Waals surface area contributed by atoms with Crippen molar-refractivity contribution in [1.82, 2.24) is 0 Å².